The van der Waals surface area contributed by atoms with Crippen molar-refractivity contribution in [2.24, 2.45) is 0 Å². The number of ether oxygens (including phenoxy) is 2. The van der Waals surface area contributed by atoms with E-state index in [2.05, 4.69) is 5.32 Å². The summed E-state index contributed by atoms with van der Waals surface area (Å²) in [7, 11) is 0. The van der Waals surface area contributed by atoms with Gasteiger partial charge >= 0.3 is 5.97 Å². The molecule has 1 aliphatic heterocycles. The van der Waals surface area contributed by atoms with Gasteiger partial charge in [-0.2, -0.15) is 0 Å². The second kappa shape index (κ2) is 8.64. The van der Waals surface area contributed by atoms with Crippen molar-refractivity contribution >= 4 is 29.6 Å². The summed E-state index contributed by atoms with van der Waals surface area (Å²) in [4.78, 5) is 23.1. The topological polar surface area (TPSA) is 64.6 Å². The Kier molecular flexibility index (Phi) is 6.55. The minimum atomic E-state index is -0.753. The van der Waals surface area contributed by atoms with E-state index in [4.69, 9.17) is 21.1 Å². The molecule has 1 amide bonds. The molecule has 1 aromatic carbocycles. The maximum Gasteiger partial charge on any atom is 0.331 e. The summed E-state index contributed by atoms with van der Waals surface area (Å²) in [6, 6.07) is 4.20. The van der Waals surface area contributed by atoms with Crippen molar-refractivity contribution in [3.05, 3.63) is 40.7 Å². The van der Waals surface area contributed by atoms with Gasteiger partial charge in [0.05, 0.1) is 11.1 Å². The van der Waals surface area contributed by atoms with Gasteiger partial charge in [-0.05, 0) is 31.1 Å². The Bertz CT molecular complexity index is 579. The van der Waals surface area contributed by atoms with Crippen molar-refractivity contribution in [1.29, 1.82) is 0 Å². The molecular weight excluding hydrogens is 325 g/mol. The predicted octanol–water partition coefficient (Wildman–Crippen LogP) is 2.33. The van der Waals surface area contributed by atoms with Crippen LogP contribution in [0.25, 0.3) is 6.08 Å². The third kappa shape index (κ3) is 5.65. The van der Waals surface area contributed by atoms with Crippen LogP contribution in [0.15, 0.2) is 24.3 Å². The third-order valence-corrected chi connectivity index (χ3v) is 3.61. The first-order valence-electron chi connectivity index (χ1n) is 7.23. The van der Waals surface area contributed by atoms with E-state index in [1.807, 2.05) is 0 Å². The maximum absolute atomic E-state index is 13.5. The zero-order valence-corrected chi connectivity index (χ0v) is 13.1. The number of carbonyl (C=O) groups excluding carboxylic acids is 2. The smallest absolute Gasteiger partial charge is 0.331 e. The van der Waals surface area contributed by atoms with Crippen LogP contribution < -0.4 is 5.32 Å². The van der Waals surface area contributed by atoms with E-state index in [1.54, 1.807) is 0 Å². The van der Waals surface area contributed by atoms with Crippen LogP contribution in [-0.4, -0.2) is 37.7 Å². The van der Waals surface area contributed by atoms with Crippen LogP contribution in [0.3, 0.4) is 0 Å². The zero-order valence-electron chi connectivity index (χ0n) is 12.4. The van der Waals surface area contributed by atoms with Crippen molar-refractivity contribution in [3.8, 4) is 0 Å². The number of halogens is 2. The summed E-state index contributed by atoms with van der Waals surface area (Å²) in [6.45, 7) is 0.705. The fourth-order valence-electron chi connectivity index (χ4n) is 2.09. The van der Waals surface area contributed by atoms with Gasteiger partial charge in [-0.15, -0.1) is 0 Å². The van der Waals surface area contributed by atoms with Crippen molar-refractivity contribution < 1.29 is 23.5 Å². The lowest BCUT2D eigenvalue weighted by Gasteiger charge is -2.10. The highest BCUT2D eigenvalue weighted by Gasteiger charge is 2.16. The minimum absolute atomic E-state index is 0.0257. The number of hydrogen-bond donors (Lipinski definition) is 1. The normalized spacial score (nSPS) is 17.4. The lowest BCUT2D eigenvalue weighted by atomic mass is 10.2. The Balaban J connectivity index is 1.74. The van der Waals surface area contributed by atoms with Gasteiger partial charge in [-0.1, -0.05) is 17.7 Å². The first kappa shape index (κ1) is 17.4. The average Bonchev–Trinajstić information content (AvgIpc) is 3.04. The lowest BCUT2D eigenvalue weighted by Crippen LogP contribution is -2.34. The SMILES string of the molecule is O=C(COC(=O)/C=C/c1c(F)cccc1Cl)NC[C@H]1CCCO1. The molecule has 0 aliphatic carbocycles. The highest BCUT2D eigenvalue weighted by molar-refractivity contribution is 6.32. The quantitative estimate of drug-likeness (QED) is 0.637. The van der Waals surface area contributed by atoms with Crippen LogP contribution in [0.4, 0.5) is 4.39 Å². The summed E-state index contributed by atoms with van der Waals surface area (Å²) in [5.41, 5.74) is 0.0916. The van der Waals surface area contributed by atoms with Gasteiger partial charge in [0, 0.05) is 24.8 Å². The van der Waals surface area contributed by atoms with Gasteiger partial charge in [0.2, 0.25) is 0 Å². The molecule has 0 unspecified atom stereocenters. The summed E-state index contributed by atoms with van der Waals surface area (Å²) in [6.07, 6.45) is 4.16. The second-order valence-corrected chi connectivity index (χ2v) is 5.42. The van der Waals surface area contributed by atoms with Crippen LogP contribution in [0.5, 0.6) is 0 Å². The van der Waals surface area contributed by atoms with Gasteiger partial charge < -0.3 is 14.8 Å². The molecule has 5 nitrogen and oxygen atoms in total. The lowest BCUT2D eigenvalue weighted by molar-refractivity contribution is -0.143. The molecule has 0 bridgehead atoms. The number of hydrogen-bond acceptors (Lipinski definition) is 4. The zero-order chi connectivity index (χ0) is 16.7. The van der Waals surface area contributed by atoms with Crippen LogP contribution >= 0.6 is 11.6 Å². The number of benzene rings is 1. The van der Waals surface area contributed by atoms with Gasteiger partial charge in [0.25, 0.3) is 5.91 Å². The van der Waals surface area contributed by atoms with Crippen molar-refractivity contribution in [3.63, 3.8) is 0 Å². The Morgan fingerprint density at radius 2 is 2.30 bits per heavy atom. The largest absolute Gasteiger partial charge is 0.452 e. The summed E-state index contributed by atoms with van der Waals surface area (Å²) in [5, 5.41) is 2.81. The fourth-order valence-corrected chi connectivity index (χ4v) is 2.32. The molecule has 1 N–H and O–H groups in total. The second-order valence-electron chi connectivity index (χ2n) is 5.02. The van der Waals surface area contributed by atoms with Gasteiger partial charge in [0.1, 0.15) is 5.82 Å². The van der Waals surface area contributed by atoms with Gasteiger partial charge in [-0.25, -0.2) is 9.18 Å². The van der Waals surface area contributed by atoms with E-state index in [-0.39, 0.29) is 16.7 Å². The van der Waals surface area contributed by atoms with Crippen LogP contribution in [0, 0.1) is 5.82 Å². The molecule has 1 atom stereocenters. The molecule has 2 rings (SSSR count). The Hall–Kier alpha value is -1.92. The minimum Gasteiger partial charge on any atom is -0.452 e. The van der Waals surface area contributed by atoms with Crippen molar-refractivity contribution in [2.45, 2.75) is 18.9 Å². The number of carbonyl (C=O) groups is 2. The number of rotatable bonds is 6. The summed E-state index contributed by atoms with van der Waals surface area (Å²) in [5.74, 6) is -1.71. The molecule has 1 heterocycles. The highest BCUT2D eigenvalue weighted by atomic mass is 35.5. The third-order valence-electron chi connectivity index (χ3n) is 3.28. The molecule has 23 heavy (non-hydrogen) atoms. The monoisotopic (exact) mass is 341 g/mol. The Morgan fingerprint density at radius 3 is 3.00 bits per heavy atom. The van der Waals surface area contributed by atoms with Crippen LogP contribution in [-0.2, 0) is 19.1 Å². The summed E-state index contributed by atoms with van der Waals surface area (Å²) >= 11 is 5.82. The molecule has 1 aromatic rings. The highest BCUT2D eigenvalue weighted by Crippen LogP contribution is 2.20. The molecule has 0 aromatic heterocycles. The standard InChI is InChI=1S/C16H17ClFNO4/c17-13-4-1-5-14(18)12(13)6-7-16(21)23-10-15(20)19-9-11-3-2-8-22-11/h1,4-7,11H,2-3,8-10H2,(H,19,20)/b7-6+/t11-/m1/s1. The molecular formula is C16H17ClFNO4. The molecule has 1 aliphatic rings. The van der Waals surface area contributed by atoms with E-state index in [0.717, 1.165) is 18.9 Å². The van der Waals surface area contributed by atoms with Gasteiger partial charge in [0.15, 0.2) is 6.61 Å². The molecule has 124 valence electrons. The van der Waals surface area contributed by atoms with E-state index in [9.17, 15) is 14.0 Å². The van der Waals surface area contributed by atoms with Crippen LogP contribution in [0.2, 0.25) is 5.02 Å². The first-order valence-corrected chi connectivity index (χ1v) is 7.61. The molecule has 0 radical (unpaired) electrons. The molecule has 0 saturated carbocycles. The number of amides is 1. The first-order chi connectivity index (χ1) is 11.1. The van der Waals surface area contributed by atoms with E-state index in [1.165, 1.54) is 24.3 Å². The average molecular weight is 342 g/mol. The molecule has 7 heteroatoms. The molecule has 1 saturated heterocycles. The maximum atomic E-state index is 13.5. The summed E-state index contributed by atoms with van der Waals surface area (Å²) < 4.78 is 23.6. The van der Waals surface area contributed by atoms with Gasteiger partial charge in [-0.3, -0.25) is 4.79 Å². The van der Waals surface area contributed by atoms with Crippen molar-refractivity contribution in [1.82, 2.24) is 5.32 Å². The molecule has 0 spiro atoms. The molecule has 1 fully saturated rings. The Labute approximate surface area is 138 Å². The predicted molar refractivity (Wildman–Crippen MR) is 83.4 cm³/mol. The van der Waals surface area contributed by atoms with E-state index < -0.39 is 24.3 Å². The Morgan fingerprint density at radius 1 is 1.48 bits per heavy atom. The van der Waals surface area contributed by atoms with Crippen LogP contribution in [0.1, 0.15) is 18.4 Å². The van der Waals surface area contributed by atoms with Crippen molar-refractivity contribution in [2.75, 3.05) is 19.8 Å². The van der Waals surface area contributed by atoms with E-state index >= 15 is 0 Å². The number of esters is 1. The number of nitrogens with one attached hydrogen (secondary N) is 1. The van der Waals surface area contributed by atoms with E-state index in [0.29, 0.717) is 13.2 Å². The fraction of sp³-hybridized carbons (Fsp3) is 0.375.